The molecule has 2 heterocycles. The van der Waals surface area contributed by atoms with Crippen molar-refractivity contribution in [2.24, 2.45) is 28.4 Å². The molecule has 8 heteroatoms. The molecule has 0 aliphatic carbocycles. The lowest BCUT2D eigenvalue weighted by molar-refractivity contribution is -0.142. The molecule has 2 rings (SSSR count). The fraction of sp³-hybridized carbons (Fsp3) is 0.810. The molecule has 164 valence electrons. The van der Waals surface area contributed by atoms with Gasteiger partial charge in [-0.05, 0) is 29.6 Å². The Hall–Kier alpha value is -2.12. The maximum absolute atomic E-state index is 13.2. The highest BCUT2D eigenvalue weighted by Crippen LogP contribution is 2.42. The molecule has 0 saturated carbocycles. The minimum absolute atomic E-state index is 0.0686. The SMILES string of the molecule is CC1CN(C(=O)CC(C)(C)C)[C@H](C(=O)NC(CC2CCNC2=O)C(N)=O)C1(C)C. The zero-order valence-electron chi connectivity index (χ0n) is 18.5. The summed E-state index contributed by atoms with van der Waals surface area (Å²) in [7, 11) is 0. The van der Waals surface area contributed by atoms with Crippen LogP contribution < -0.4 is 16.4 Å². The van der Waals surface area contributed by atoms with E-state index in [1.165, 1.54) is 0 Å². The first-order valence-electron chi connectivity index (χ1n) is 10.4. The van der Waals surface area contributed by atoms with Gasteiger partial charge in [0.25, 0.3) is 0 Å². The molecule has 0 aromatic heterocycles. The molecule has 8 nitrogen and oxygen atoms in total. The van der Waals surface area contributed by atoms with Gasteiger partial charge in [0.05, 0.1) is 0 Å². The van der Waals surface area contributed by atoms with Crippen LogP contribution in [-0.2, 0) is 19.2 Å². The summed E-state index contributed by atoms with van der Waals surface area (Å²) in [6.07, 6.45) is 1.12. The Morgan fingerprint density at radius 2 is 1.93 bits per heavy atom. The number of hydrogen-bond donors (Lipinski definition) is 3. The number of hydrogen-bond acceptors (Lipinski definition) is 4. The largest absolute Gasteiger partial charge is 0.368 e. The average Bonchev–Trinajstić information content (AvgIpc) is 3.06. The fourth-order valence-corrected chi connectivity index (χ4v) is 4.24. The number of carbonyl (C=O) groups excluding carboxylic acids is 4. The molecule has 4 atom stereocenters. The van der Waals surface area contributed by atoms with Gasteiger partial charge in [-0.2, -0.15) is 0 Å². The number of primary amides is 1. The molecular weight excluding hydrogens is 372 g/mol. The summed E-state index contributed by atoms with van der Waals surface area (Å²) in [5.74, 6) is -1.47. The van der Waals surface area contributed by atoms with Crippen LogP contribution in [0.5, 0.6) is 0 Å². The fourth-order valence-electron chi connectivity index (χ4n) is 4.24. The molecule has 4 N–H and O–H groups in total. The highest BCUT2D eigenvalue weighted by atomic mass is 16.2. The van der Waals surface area contributed by atoms with Crippen molar-refractivity contribution < 1.29 is 19.2 Å². The van der Waals surface area contributed by atoms with Crippen molar-refractivity contribution in [1.29, 1.82) is 0 Å². The van der Waals surface area contributed by atoms with Crippen LogP contribution in [0.15, 0.2) is 0 Å². The van der Waals surface area contributed by atoms with E-state index < -0.39 is 23.4 Å². The van der Waals surface area contributed by atoms with Crippen molar-refractivity contribution in [3.63, 3.8) is 0 Å². The lowest BCUT2D eigenvalue weighted by Crippen LogP contribution is -2.56. The van der Waals surface area contributed by atoms with Gasteiger partial charge < -0.3 is 21.3 Å². The average molecular weight is 409 g/mol. The monoisotopic (exact) mass is 408 g/mol. The topological polar surface area (TPSA) is 122 Å². The molecule has 0 radical (unpaired) electrons. The first-order chi connectivity index (χ1) is 13.2. The van der Waals surface area contributed by atoms with Gasteiger partial charge >= 0.3 is 0 Å². The molecule has 2 fully saturated rings. The van der Waals surface area contributed by atoms with Crippen LogP contribution in [0, 0.1) is 22.7 Å². The Balaban J connectivity index is 2.19. The number of nitrogens with two attached hydrogens (primary N) is 1. The minimum Gasteiger partial charge on any atom is -0.368 e. The summed E-state index contributed by atoms with van der Waals surface area (Å²) >= 11 is 0. The Kier molecular flexibility index (Phi) is 6.65. The molecule has 4 amide bonds. The number of nitrogens with one attached hydrogen (secondary N) is 2. The van der Waals surface area contributed by atoms with Gasteiger partial charge in [0.2, 0.25) is 23.6 Å². The van der Waals surface area contributed by atoms with E-state index in [1.54, 1.807) is 4.90 Å². The Labute approximate surface area is 173 Å². The van der Waals surface area contributed by atoms with Crippen LogP contribution in [0.2, 0.25) is 0 Å². The summed E-state index contributed by atoms with van der Waals surface area (Å²) in [5.41, 5.74) is 4.87. The third kappa shape index (κ3) is 5.28. The quantitative estimate of drug-likeness (QED) is 0.601. The standard InChI is InChI=1S/C21H36N4O4/c1-12-11-25(15(26)10-20(2,3)4)16(21(12,5)6)19(29)24-14(17(22)27)9-13-7-8-23-18(13)28/h12-14,16H,7-11H2,1-6H3,(H2,22,27)(H,23,28)(H,24,29)/t12?,13?,14?,16-/m1/s1. The lowest BCUT2D eigenvalue weighted by Gasteiger charge is -2.34. The summed E-state index contributed by atoms with van der Waals surface area (Å²) in [6.45, 7) is 13.0. The number of rotatable bonds is 6. The summed E-state index contributed by atoms with van der Waals surface area (Å²) in [5, 5.41) is 5.47. The zero-order valence-corrected chi connectivity index (χ0v) is 18.5. The van der Waals surface area contributed by atoms with Crippen LogP contribution in [0.25, 0.3) is 0 Å². The van der Waals surface area contributed by atoms with Gasteiger partial charge in [0.15, 0.2) is 0 Å². The number of amides is 4. The van der Waals surface area contributed by atoms with Gasteiger partial charge in [-0.25, -0.2) is 0 Å². The van der Waals surface area contributed by atoms with E-state index in [1.807, 2.05) is 41.5 Å². The molecule has 0 bridgehead atoms. The van der Waals surface area contributed by atoms with E-state index >= 15 is 0 Å². The predicted molar refractivity (Wildman–Crippen MR) is 109 cm³/mol. The third-order valence-corrected chi connectivity index (χ3v) is 6.35. The predicted octanol–water partition coefficient (Wildman–Crippen LogP) is 0.792. The second kappa shape index (κ2) is 8.32. The smallest absolute Gasteiger partial charge is 0.244 e. The van der Waals surface area contributed by atoms with Gasteiger partial charge in [0.1, 0.15) is 12.1 Å². The van der Waals surface area contributed by atoms with Crippen molar-refractivity contribution in [2.45, 2.75) is 72.9 Å². The van der Waals surface area contributed by atoms with Crippen molar-refractivity contribution in [1.82, 2.24) is 15.5 Å². The normalized spacial score (nSPS) is 27.4. The van der Waals surface area contributed by atoms with Crippen molar-refractivity contribution in [2.75, 3.05) is 13.1 Å². The summed E-state index contributed by atoms with van der Waals surface area (Å²) < 4.78 is 0. The highest BCUT2D eigenvalue weighted by Gasteiger charge is 2.52. The molecule has 0 aromatic carbocycles. The van der Waals surface area contributed by atoms with Crippen molar-refractivity contribution in [3.8, 4) is 0 Å². The van der Waals surface area contributed by atoms with Crippen LogP contribution in [0.3, 0.4) is 0 Å². The Bertz CT molecular complexity index is 683. The second-order valence-corrected chi connectivity index (χ2v) is 10.4. The zero-order chi connectivity index (χ0) is 22.1. The van der Waals surface area contributed by atoms with E-state index in [0.717, 1.165) is 0 Å². The molecule has 0 spiro atoms. The molecule has 2 aliphatic rings. The summed E-state index contributed by atoms with van der Waals surface area (Å²) in [6, 6.07) is -1.63. The molecular formula is C21H36N4O4. The Morgan fingerprint density at radius 3 is 2.41 bits per heavy atom. The number of likely N-dealkylation sites (tertiary alicyclic amines) is 1. The molecule has 3 unspecified atom stereocenters. The van der Waals surface area contributed by atoms with Crippen LogP contribution >= 0.6 is 0 Å². The van der Waals surface area contributed by atoms with Gasteiger partial charge in [-0.1, -0.05) is 41.5 Å². The van der Waals surface area contributed by atoms with Crippen LogP contribution in [-0.4, -0.2) is 53.7 Å². The van der Waals surface area contributed by atoms with E-state index in [4.69, 9.17) is 5.73 Å². The second-order valence-electron chi connectivity index (χ2n) is 10.4. The van der Waals surface area contributed by atoms with Crippen molar-refractivity contribution in [3.05, 3.63) is 0 Å². The summed E-state index contributed by atoms with van der Waals surface area (Å²) in [4.78, 5) is 51.7. The lowest BCUT2D eigenvalue weighted by atomic mass is 9.77. The van der Waals surface area contributed by atoms with Gasteiger partial charge in [-0.15, -0.1) is 0 Å². The molecule has 2 saturated heterocycles. The first kappa shape index (κ1) is 23.2. The molecule has 0 aromatic rings. The third-order valence-electron chi connectivity index (χ3n) is 6.35. The van der Waals surface area contributed by atoms with E-state index in [2.05, 4.69) is 10.6 Å². The van der Waals surface area contributed by atoms with E-state index in [-0.39, 0.29) is 41.4 Å². The maximum atomic E-state index is 13.2. The van der Waals surface area contributed by atoms with Crippen molar-refractivity contribution >= 4 is 23.6 Å². The van der Waals surface area contributed by atoms with Crippen LogP contribution in [0.4, 0.5) is 0 Å². The van der Waals surface area contributed by atoms with E-state index in [0.29, 0.717) is 25.9 Å². The van der Waals surface area contributed by atoms with Gasteiger partial charge in [0, 0.05) is 25.4 Å². The van der Waals surface area contributed by atoms with Crippen LogP contribution in [0.1, 0.15) is 60.8 Å². The minimum atomic E-state index is -0.942. The number of nitrogens with zero attached hydrogens (tertiary/aromatic N) is 1. The van der Waals surface area contributed by atoms with Gasteiger partial charge in [-0.3, -0.25) is 19.2 Å². The highest BCUT2D eigenvalue weighted by molar-refractivity contribution is 5.93. The Morgan fingerprint density at radius 1 is 1.31 bits per heavy atom. The molecule has 2 aliphatic heterocycles. The maximum Gasteiger partial charge on any atom is 0.244 e. The van der Waals surface area contributed by atoms with E-state index in [9.17, 15) is 19.2 Å². The first-order valence-corrected chi connectivity index (χ1v) is 10.4. The number of carbonyl (C=O) groups is 4. The molecule has 29 heavy (non-hydrogen) atoms.